The van der Waals surface area contributed by atoms with Gasteiger partial charge in [-0.15, -0.1) is 0 Å². The van der Waals surface area contributed by atoms with E-state index in [0.717, 1.165) is 32.5 Å². The normalized spacial score (nSPS) is 26.1. The molecule has 0 radical (unpaired) electrons. The summed E-state index contributed by atoms with van der Waals surface area (Å²) >= 11 is 0. The summed E-state index contributed by atoms with van der Waals surface area (Å²) < 4.78 is 7.32. The van der Waals surface area contributed by atoms with E-state index in [-0.39, 0.29) is 17.4 Å². The predicted molar refractivity (Wildman–Crippen MR) is 110 cm³/mol. The molecule has 3 atom stereocenters. The zero-order valence-electron chi connectivity index (χ0n) is 17.3. The van der Waals surface area contributed by atoms with Crippen LogP contribution in [0.3, 0.4) is 0 Å². The molecule has 8 heteroatoms. The Morgan fingerprint density at radius 2 is 2.17 bits per heavy atom. The molecule has 5 rings (SSSR count). The topological polar surface area (TPSA) is 89.1 Å². The van der Waals surface area contributed by atoms with Gasteiger partial charge in [-0.05, 0) is 31.2 Å². The summed E-state index contributed by atoms with van der Waals surface area (Å²) in [5, 5.41) is 11.4. The van der Waals surface area contributed by atoms with Gasteiger partial charge in [-0.2, -0.15) is 10.1 Å². The Morgan fingerprint density at radius 1 is 1.33 bits per heavy atom. The molecule has 1 N–H and O–H groups in total. The van der Waals surface area contributed by atoms with Gasteiger partial charge in [0, 0.05) is 38.9 Å². The van der Waals surface area contributed by atoms with Crippen LogP contribution < -0.4 is 5.32 Å². The Bertz CT molecular complexity index is 1040. The van der Waals surface area contributed by atoms with Crippen molar-refractivity contribution in [3.63, 3.8) is 0 Å². The molecule has 0 bridgehead atoms. The quantitative estimate of drug-likeness (QED) is 0.698. The average molecular weight is 406 g/mol. The number of aryl methyl sites for hydroxylation is 2. The number of rotatable bonds is 5. The number of nitrogens with one attached hydrogen (secondary N) is 1. The molecule has 1 aliphatic heterocycles. The van der Waals surface area contributed by atoms with Gasteiger partial charge in [0.25, 0.3) is 5.91 Å². The molecule has 8 nitrogen and oxygen atoms in total. The monoisotopic (exact) mass is 406 g/mol. The number of nitrogens with zero attached hydrogens (tertiary/aromatic N) is 5. The first-order valence-corrected chi connectivity index (χ1v) is 10.4. The number of fused-ring (bicyclic) bond motifs is 1. The maximum Gasteiger partial charge on any atom is 0.254 e. The zero-order valence-corrected chi connectivity index (χ0v) is 17.3. The highest BCUT2D eigenvalue weighted by Gasteiger charge is 2.57. The van der Waals surface area contributed by atoms with Gasteiger partial charge >= 0.3 is 0 Å². The third-order valence-corrected chi connectivity index (χ3v) is 6.45. The van der Waals surface area contributed by atoms with E-state index in [1.807, 2.05) is 20.0 Å². The fourth-order valence-electron chi connectivity index (χ4n) is 5.18. The van der Waals surface area contributed by atoms with Crippen LogP contribution in [0.25, 0.3) is 0 Å². The Labute approximate surface area is 175 Å². The van der Waals surface area contributed by atoms with Crippen LogP contribution >= 0.6 is 0 Å². The lowest BCUT2D eigenvalue weighted by molar-refractivity contribution is 0.0933. The number of amides is 1. The Morgan fingerprint density at radius 3 is 2.87 bits per heavy atom. The second kappa shape index (κ2) is 7.36. The highest BCUT2D eigenvalue weighted by molar-refractivity contribution is 5.93. The van der Waals surface area contributed by atoms with Crippen molar-refractivity contribution in [2.75, 3.05) is 13.1 Å². The lowest BCUT2D eigenvalue weighted by Gasteiger charge is -2.25. The molecule has 1 aromatic carbocycles. The minimum atomic E-state index is -0.219. The molecule has 2 aromatic heterocycles. The van der Waals surface area contributed by atoms with Crippen LogP contribution in [0.2, 0.25) is 0 Å². The summed E-state index contributed by atoms with van der Waals surface area (Å²) in [4.78, 5) is 19.7. The molecule has 1 saturated heterocycles. The lowest BCUT2D eigenvalue weighted by Crippen LogP contribution is -2.38. The van der Waals surface area contributed by atoms with Gasteiger partial charge in [-0.25, -0.2) is 0 Å². The number of likely N-dealkylation sites (tertiary alicyclic amines) is 1. The summed E-state index contributed by atoms with van der Waals surface area (Å²) in [6.07, 6.45) is 5.04. The number of hydrogen-bond donors (Lipinski definition) is 1. The predicted octanol–water partition coefficient (Wildman–Crippen LogP) is 2.07. The minimum Gasteiger partial charge on any atom is -0.349 e. The molecule has 1 amide bonds. The molecule has 2 aliphatic rings. The van der Waals surface area contributed by atoms with E-state index >= 15 is 0 Å². The fraction of sp³-hybridized carbons (Fsp3) is 0.455. The van der Waals surface area contributed by atoms with E-state index in [9.17, 15) is 4.79 Å². The first-order chi connectivity index (χ1) is 14.5. The molecule has 3 unspecified atom stereocenters. The average Bonchev–Trinajstić information content (AvgIpc) is 3.46. The number of carbonyl (C=O) groups is 1. The summed E-state index contributed by atoms with van der Waals surface area (Å²) in [6, 6.07) is 10.6. The van der Waals surface area contributed by atoms with Crippen molar-refractivity contribution in [3.8, 4) is 0 Å². The first-order valence-electron chi connectivity index (χ1n) is 10.4. The molecule has 0 spiro atoms. The van der Waals surface area contributed by atoms with E-state index in [2.05, 4.69) is 49.7 Å². The second-order valence-corrected chi connectivity index (χ2v) is 8.67. The zero-order chi connectivity index (χ0) is 20.7. The molecular formula is C22H26N6O2. The Balaban J connectivity index is 1.35. The number of carbonyl (C=O) groups excluding carboxylic acids is 1. The van der Waals surface area contributed by atoms with Gasteiger partial charge in [-0.3, -0.25) is 14.4 Å². The maximum atomic E-state index is 12.7. The van der Waals surface area contributed by atoms with E-state index in [1.54, 1.807) is 17.1 Å². The van der Waals surface area contributed by atoms with Gasteiger partial charge in [0.1, 0.15) is 0 Å². The van der Waals surface area contributed by atoms with Crippen molar-refractivity contribution in [1.82, 2.24) is 30.1 Å². The summed E-state index contributed by atoms with van der Waals surface area (Å²) in [5.41, 5.74) is 1.67. The van der Waals surface area contributed by atoms with Crippen LogP contribution in [0.1, 0.15) is 40.5 Å². The maximum absolute atomic E-state index is 12.7. The van der Waals surface area contributed by atoms with E-state index in [4.69, 9.17) is 4.52 Å². The fourth-order valence-corrected chi connectivity index (χ4v) is 5.18. The standard InChI is InChI=1S/C22H26N6O2/c1-15-24-21(30-26-15)22-9-19(25-20(29)17-10-23-27(2)12-17)8-18(22)13-28(14-22)11-16-6-4-3-5-7-16/h3-7,10,12,18-19H,8-9,11,13-14H2,1-2H3,(H,25,29). The molecule has 30 heavy (non-hydrogen) atoms. The number of hydrogen-bond acceptors (Lipinski definition) is 6. The van der Waals surface area contributed by atoms with Crippen molar-refractivity contribution in [2.45, 2.75) is 37.8 Å². The molecule has 3 aromatic rings. The minimum absolute atomic E-state index is 0.0776. The number of benzene rings is 1. The second-order valence-electron chi connectivity index (χ2n) is 8.67. The van der Waals surface area contributed by atoms with Gasteiger partial charge in [0.2, 0.25) is 5.89 Å². The van der Waals surface area contributed by atoms with Crippen molar-refractivity contribution in [1.29, 1.82) is 0 Å². The Hall–Kier alpha value is -3.00. The van der Waals surface area contributed by atoms with Gasteiger partial charge < -0.3 is 9.84 Å². The molecule has 156 valence electrons. The summed E-state index contributed by atoms with van der Waals surface area (Å²) in [6.45, 7) is 4.56. The summed E-state index contributed by atoms with van der Waals surface area (Å²) in [5.74, 6) is 1.65. The molecule has 1 aliphatic carbocycles. The van der Waals surface area contributed by atoms with Crippen molar-refractivity contribution >= 4 is 5.91 Å². The highest BCUT2D eigenvalue weighted by atomic mass is 16.5. The summed E-state index contributed by atoms with van der Waals surface area (Å²) in [7, 11) is 1.81. The van der Waals surface area contributed by atoms with Crippen LogP contribution in [-0.2, 0) is 19.0 Å². The van der Waals surface area contributed by atoms with Crippen molar-refractivity contribution < 1.29 is 9.32 Å². The van der Waals surface area contributed by atoms with E-state index in [1.165, 1.54) is 5.56 Å². The van der Waals surface area contributed by atoms with Crippen molar-refractivity contribution in [3.05, 3.63) is 65.6 Å². The van der Waals surface area contributed by atoms with E-state index in [0.29, 0.717) is 23.2 Å². The molecule has 1 saturated carbocycles. The highest BCUT2D eigenvalue weighted by Crippen LogP contribution is 2.50. The number of aromatic nitrogens is 4. The van der Waals surface area contributed by atoms with Crippen LogP contribution in [-0.4, -0.2) is 49.9 Å². The van der Waals surface area contributed by atoms with Gasteiger partial charge in [0.05, 0.1) is 17.2 Å². The smallest absolute Gasteiger partial charge is 0.254 e. The third-order valence-electron chi connectivity index (χ3n) is 6.45. The van der Waals surface area contributed by atoms with E-state index < -0.39 is 0 Å². The molecule has 3 heterocycles. The first kappa shape index (κ1) is 19.0. The molecule has 2 fully saturated rings. The van der Waals surface area contributed by atoms with Crippen LogP contribution in [0, 0.1) is 12.8 Å². The molecular weight excluding hydrogens is 380 g/mol. The Kier molecular flexibility index (Phi) is 4.66. The van der Waals surface area contributed by atoms with Crippen LogP contribution in [0.4, 0.5) is 0 Å². The van der Waals surface area contributed by atoms with Gasteiger partial charge in [0.15, 0.2) is 5.82 Å². The SMILES string of the molecule is Cc1noc(C23CC(NC(=O)c4cnn(C)c4)CC2CN(Cc2ccccc2)C3)n1. The van der Waals surface area contributed by atoms with Crippen LogP contribution in [0.15, 0.2) is 47.2 Å². The van der Waals surface area contributed by atoms with Gasteiger partial charge in [-0.1, -0.05) is 35.5 Å². The third kappa shape index (κ3) is 3.41. The lowest BCUT2D eigenvalue weighted by atomic mass is 9.80. The van der Waals surface area contributed by atoms with Crippen LogP contribution in [0.5, 0.6) is 0 Å². The van der Waals surface area contributed by atoms with Crippen molar-refractivity contribution in [2.24, 2.45) is 13.0 Å². The largest absolute Gasteiger partial charge is 0.349 e.